The Morgan fingerprint density at radius 1 is 0.299 bits per heavy atom. The average molecular weight is 1420 g/mol. The molecule has 576 valence electrons. The Bertz CT molecular complexity index is 1870. The van der Waals surface area contributed by atoms with Crippen molar-refractivity contribution in [1.29, 1.82) is 0 Å². The first-order valence-electron chi connectivity index (χ1n) is 40.5. The minimum atomic E-state index is -4.96. The lowest BCUT2D eigenvalue weighted by Crippen LogP contribution is -2.30. The van der Waals surface area contributed by atoms with Crippen LogP contribution in [0.25, 0.3) is 0 Å². The van der Waals surface area contributed by atoms with Gasteiger partial charge in [-0.05, 0) is 37.5 Å². The molecule has 3 unspecified atom stereocenters. The van der Waals surface area contributed by atoms with E-state index in [1.165, 1.54) is 218 Å². The summed E-state index contributed by atoms with van der Waals surface area (Å²) in [4.78, 5) is 72.6. The Kier molecular flexibility index (Phi) is 68.4. The molecule has 0 heterocycles. The highest BCUT2D eigenvalue weighted by Gasteiger charge is 2.30. The van der Waals surface area contributed by atoms with Gasteiger partial charge < -0.3 is 33.8 Å². The molecule has 0 radical (unpaired) electrons. The molecule has 0 saturated heterocycles. The van der Waals surface area contributed by atoms with Gasteiger partial charge in [-0.15, -0.1) is 0 Å². The number of hydrogen-bond donors (Lipinski definition) is 3. The number of carbonyl (C=O) groups is 4. The first kappa shape index (κ1) is 95.1. The van der Waals surface area contributed by atoms with Gasteiger partial charge in [-0.1, -0.05) is 356 Å². The van der Waals surface area contributed by atoms with Gasteiger partial charge >= 0.3 is 39.5 Å². The zero-order chi connectivity index (χ0) is 71.4. The zero-order valence-electron chi connectivity index (χ0n) is 63.4. The van der Waals surface area contributed by atoms with Crippen LogP contribution in [0.5, 0.6) is 0 Å². The van der Waals surface area contributed by atoms with Crippen LogP contribution in [0.1, 0.15) is 408 Å². The number of ether oxygens (including phenoxy) is 4. The fourth-order valence-electron chi connectivity index (χ4n) is 12.0. The van der Waals surface area contributed by atoms with E-state index in [9.17, 15) is 43.2 Å². The van der Waals surface area contributed by atoms with E-state index >= 15 is 0 Å². The molecule has 0 spiro atoms. The minimum Gasteiger partial charge on any atom is -0.462 e. The van der Waals surface area contributed by atoms with Crippen LogP contribution in [0.2, 0.25) is 0 Å². The van der Waals surface area contributed by atoms with Crippen molar-refractivity contribution >= 4 is 39.5 Å². The van der Waals surface area contributed by atoms with Gasteiger partial charge in [0.25, 0.3) is 0 Å². The molecule has 0 aliphatic rings. The Morgan fingerprint density at radius 3 is 0.784 bits per heavy atom. The van der Waals surface area contributed by atoms with Crippen LogP contribution in [-0.4, -0.2) is 96.7 Å². The summed E-state index contributed by atoms with van der Waals surface area (Å²) in [5.74, 6) is -0.464. The third-order valence-corrected chi connectivity index (χ3v) is 20.5. The van der Waals surface area contributed by atoms with E-state index in [-0.39, 0.29) is 25.7 Å². The molecule has 0 aliphatic heterocycles. The highest BCUT2D eigenvalue weighted by atomic mass is 31.2. The van der Waals surface area contributed by atoms with Crippen molar-refractivity contribution in [2.75, 3.05) is 39.6 Å². The van der Waals surface area contributed by atoms with Crippen molar-refractivity contribution < 1.29 is 80.2 Å². The fourth-order valence-corrected chi connectivity index (χ4v) is 13.6. The normalized spacial score (nSPS) is 14.2. The van der Waals surface area contributed by atoms with Crippen molar-refractivity contribution in [2.45, 2.75) is 426 Å². The van der Waals surface area contributed by atoms with Crippen LogP contribution in [0, 0.1) is 11.8 Å². The molecule has 6 atom stereocenters. The second-order valence-corrected chi connectivity index (χ2v) is 31.7. The van der Waals surface area contributed by atoms with Crippen LogP contribution < -0.4 is 0 Å². The van der Waals surface area contributed by atoms with Crippen LogP contribution in [0.4, 0.5) is 0 Å². The number of aliphatic hydroxyl groups excluding tert-OH is 1. The third kappa shape index (κ3) is 70.9. The van der Waals surface area contributed by atoms with Gasteiger partial charge in [0.15, 0.2) is 12.2 Å². The highest BCUT2D eigenvalue weighted by molar-refractivity contribution is 7.47. The Balaban J connectivity index is 5.14. The predicted octanol–water partition coefficient (Wildman–Crippen LogP) is 23.1. The number of phosphoric ester groups is 2. The number of phosphoric acid groups is 2. The van der Waals surface area contributed by atoms with E-state index < -0.39 is 97.5 Å². The standard InChI is InChI=1S/C78H152O17P2/c1-7-10-12-14-15-16-17-18-21-29-34-39-44-50-56-62-77(82)94-73(66-88-75(80)60-54-46-13-11-8-2)68-92-96(84,85)90-64-72(79)65-91-97(86,87)93-69-74(67-89-76(81)61-55-49-43-38-33-28-25-24-27-32-37-42-48-53-59-71(6)9-3)95-78(83)63-57-51-45-40-35-30-23-20-19-22-26-31-36-41-47-52-58-70(4)5/h70-74,79H,7-69H2,1-6H3,(H,84,85)(H,86,87)/t71?,72-,73+,74+/m0/s1. The van der Waals surface area contributed by atoms with Crippen molar-refractivity contribution in [3.63, 3.8) is 0 Å². The summed E-state index contributed by atoms with van der Waals surface area (Å²) in [6.07, 6.45) is 58.6. The van der Waals surface area contributed by atoms with Crippen LogP contribution in [-0.2, 0) is 65.4 Å². The molecule has 0 rings (SSSR count). The predicted molar refractivity (Wildman–Crippen MR) is 395 cm³/mol. The maximum atomic E-state index is 13.1. The summed E-state index contributed by atoms with van der Waals surface area (Å²) in [6, 6.07) is 0. The molecule has 0 bridgehead atoms. The molecule has 0 aromatic heterocycles. The van der Waals surface area contributed by atoms with Gasteiger partial charge in [0, 0.05) is 25.7 Å². The van der Waals surface area contributed by atoms with E-state index in [1.807, 2.05) is 0 Å². The van der Waals surface area contributed by atoms with Crippen molar-refractivity contribution in [3.05, 3.63) is 0 Å². The minimum absolute atomic E-state index is 0.107. The number of hydrogen-bond acceptors (Lipinski definition) is 15. The number of aliphatic hydroxyl groups is 1. The lowest BCUT2D eigenvalue weighted by molar-refractivity contribution is -0.161. The fraction of sp³-hybridized carbons (Fsp3) is 0.949. The Labute approximate surface area is 594 Å². The summed E-state index contributed by atoms with van der Waals surface area (Å²) >= 11 is 0. The second-order valence-electron chi connectivity index (χ2n) is 28.8. The number of unbranched alkanes of at least 4 members (excludes halogenated alkanes) is 46. The van der Waals surface area contributed by atoms with Gasteiger partial charge in [0.05, 0.1) is 26.4 Å². The summed E-state index contributed by atoms with van der Waals surface area (Å²) in [7, 11) is -9.90. The quantitative estimate of drug-likeness (QED) is 0.0222. The average Bonchev–Trinajstić information content (AvgIpc) is 1.42. The lowest BCUT2D eigenvalue weighted by atomic mass is 9.99. The van der Waals surface area contributed by atoms with Crippen molar-refractivity contribution in [1.82, 2.24) is 0 Å². The molecule has 0 fully saturated rings. The zero-order valence-corrected chi connectivity index (χ0v) is 65.2. The Hall–Kier alpha value is -1.94. The van der Waals surface area contributed by atoms with Crippen LogP contribution in [0.3, 0.4) is 0 Å². The first-order chi connectivity index (χ1) is 46.9. The van der Waals surface area contributed by atoms with Crippen LogP contribution >= 0.6 is 15.6 Å². The van der Waals surface area contributed by atoms with Crippen molar-refractivity contribution in [2.24, 2.45) is 11.8 Å². The van der Waals surface area contributed by atoms with E-state index in [2.05, 4.69) is 41.5 Å². The topological polar surface area (TPSA) is 237 Å². The summed E-state index contributed by atoms with van der Waals surface area (Å²) in [5, 5.41) is 10.6. The van der Waals surface area contributed by atoms with Gasteiger partial charge in [0.1, 0.15) is 19.3 Å². The molecule has 0 aliphatic carbocycles. The lowest BCUT2D eigenvalue weighted by Gasteiger charge is -2.21. The molecule has 3 N–H and O–H groups in total. The molecule has 17 nitrogen and oxygen atoms in total. The van der Waals surface area contributed by atoms with Crippen LogP contribution in [0.15, 0.2) is 0 Å². The van der Waals surface area contributed by atoms with E-state index in [1.54, 1.807) is 0 Å². The van der Waals surface area contributed by atoms with E-state index in [4.69, 9.17) is 37.0 Å². The van der Waals surface area contributed by atoms with Gasteiger partial charge in [-0.2, -0.15) is 0 Å². The molecule has 0 amide bonds. The van der Waals surface area contributed by atoms with Gasteiger partial charge in [0.2, 0.25) is 0 Å². The number of carbonyl (C=O) groups excluding carboxylic acids is 4. The van der Waals surface area contributed by atoms with Gasteiger partial charge in [-0.25, -0.2) is 9.13 Å². The molecular weight excluding hydrogens is 1270 g/mol. The second kappa shape index (κ2) is 69.8. The summed E-state index contributed by atoms with van der Waals surface area (Å²) < 4.78 is 68.4. The number of esters is 4. The van der Waals surface area contributed by atoms with E-state index in [0.29, 0.717) is 25.7 Å². The molecule has 19 heteroatoms. The molecule has 0 aromatic rings. The largest absolute Gasteiger partial charge is 0.472 e. The summed E-state index contributed by atoms with van der Waals surface area (Å²) in [6.45, 7) is 9.62. The number of rotatable bonds is 77. The molecule has 97 heavy (non-hydrogen) atoms. The van der Waals surface area contributed by atoms with Crippen molar-refractivity contribution in [3.8, 4) is 0 Å². The highest BCUT2D eigenvalue weighted by Crippen LogP contribution is 2.45. The molecule has 0 aromatic carbocycles. The van der Waals surface area contributed by atoms with E-state index in [0.717, 1.165) is 108 Å². The third-order valence-electron chi connectivity index (χ3n) is 18.6. The Morgan fingerprint density at radius 2 is 0.526 bits per heavy atom. The first-order valence-corrected chi connectivity index (χ1v) is 43.5. The SMILES string of the molecule is CCCCCCCCCCCCCCCCCC(=O)O[C@H](COC(=O)CCCCCCC)COP(=O)(O)OC[C@H](O)COP(=O)(O)OC[C@@H](COC(=O)CCCCCCCCCCCCCCCCC(C)CC)OC(=O)CCCCCCCCCCCCCCCCCCC(C)C. The van der Waals surface area contributed by atoms with Gasteiger partial charge in [-0.3, -0.25) is 37.3 Å². The monoisotopic (exact) mass is 1420 g/mol. The molecular formula is C78H152O17P2. The smallest absolute Gasteiger partial charge is 0.462 e. The maximum Gasteiger partial charge on any atom is 0.472 e. The maximum absolute atomic E-state index is 13.1. The molecule has 0 saturated carbocycles. The summed E-state index contributed by atoms with van der Waals surface area (Å²) in [5.41, 5.74) is 0.